The van der Waals surface area contributed by atoms with E-state index < -0.39 is 0 Å². The predicted octanol–water partition coefficient (Wildman–Crippen LogP) is 0.918. The summed E-state index contributed by atoms with van der Waals surface area (Å²) in [5.41, 5.74) is 0. The highest BCUT2D eigenvalue weighted by atomic mass is 15.1. The van der Waals surface area contributed by atoms with Crippen molar-refractivity contribution < 1.29 is 0 Å². The summed E-state index contributed by atoms with van der Waals surface area (Å²) in [5, 5.41) is 0. The Morgan fingerprint density at radius 1 is 1.38 bits per heavy atom. The third-order valence-electron chi connectivity index (χ3n) is 1.20. The van der Waals surface area contributed by atoms with Gasteiger partial charge in [0.2, 0.25) is 0 Å². The van der Waals surface area contributed by atoms with Crippen molar-refractivity contribution in [2.24, 2.45) is 0 Å². The smallest absolute Gasteiger partial charge is 0.0611 e. The molecule has 1 radical (unpaired) electrons. The van der Waals surface area contributed by atoms with Crippen LogP contribution in [0, 0.1) is 12.3 Å². The second-order valence-corrected chi connectivity index (χ2v) is 1.64. The van der Waals surface area contributed by atoms with Crippen molar-refractivity contribution in [2.75, 3.05) is 19.6 Å². The Morgan fingerprint density at radius 3 is 2.00 bits per heavy atom. The van der Waals surface area contributed by atoms with Gasteiger partial charge in [-0.2, -0.15) is 0 Å². The third kappa shape index (κ3) is 2.65. The Bertz CT molecular complexity index is 76.9. The molecule has 45 valence electrons. The van der Waals surface area contributed by atoms with Crippen molar-refractivity contribution >= 4 is 0 Å². The summed E-state index contributed by atoms with van der Waals surface area (Å²) in [6, 6.07) is 0. The van der Waals surface area contributed by atoms with Crippen LogP contribution in [-0.4, -0.2) is 24.5 Å². The van der Waals surface area contributed by atoms with Crippen LogP contribution in [0.3, 0.4) is 0 Å². The SMILES string of the molecule is [C]#CCN(CC)CC. The molecule has 1 nitrogen and oxygen atoms in total. The van der Waals surface area contributed by atoms with Crippen LogP contribution in [0.15, 0.2) is 0 Å². The minimum atomic E-state index is 0.674. The fraction of sp³-hybridized carbons (Fsp3) is 0.714. The van der Waals surface area contributed by atoms with Crippen molar-refractivity contribution in [2.45, 2.75) is 13.8 Å². The van der Waals surface area contributed by atoms with E-state index in [9.17, 15) is 0 Å². The second-order valence-electron chi connectivity index (χ2n) is 1.64. The van der Waals surface area contributed by atoms with Crippen LogP contribution in [0.4, 0.5) is 0 Å². The van der Waals surface area contributed by atoms with E-state index in [1.807, 2.05) is 0 Å². The van der Waals surface area contributed by atoms with Crippen LogP contribution in [0.2, 0.25) is 0 Å². The Morgan fingerprint density at radius 2 is 1.88 bits per heavy atom. The summed E-state index contributed by atoms with van der Waals surface area (Å²) in [4.78, 5) is 2.13. The largest absolute Gasteiger partial charge is 0.293 e. The van der Waals surface area contributed by atoms with Gasteiger partial charge in [-0.1, -0.05) is 19.8 Å². The van der Waals surface area contributed by atoms with Crippen molar-refractivity contribution in [1.82, 2.24) is 4.90 Å². The average molecular weight is 110 g/mol. The molecular weight excluding hydrogens is 98.1 g/mol. The lowest BCUT2D eigenvalue weighted by Crippen LogP contribution is -2.22. The molecular formula is C7H12N. The maximum atomic E-state index is 6.65. The molecule has 0 aliphatic heterocycles. The second kappa shape index (κ2) is 4.67. The molecule has 0 N–H and O–H groups in total. The molecule has 0 heterocycles. The topological polar surface area (TPSA) is 3.24 Å². The third-order valence-corrected chi connectivity index (χ3v) is 1.20. The molecule has 0 aliphatic rings. The summed E-state index contributed by atoms with van der Waals surface area (Å²) in [6.45, 7) is 6.87. The van der Waals surface area contributed by atoms with Crippen LogP contribution >= 0.6 is 0 Å². The van der Waals surface area contributed by atoms with Gasteiger partial charge in [-0.15, -0.1) is 0 Å². The summed E-state index contributed by atoms with van der Waals surface area (Å²) in [7, 11) is 0. The highest BCUT2D eigenvalue weighted by Gasteiger charge is 1.91. The number of hydrogen-bond acceptors (Lipinski definition) is 1. The van der Waals surface area contributed by atoms with Gasteiger partial charge < -0.3 is 0 Å². The van der Waals surface area contributed by atoms with Gasteiger partial charge in [0.25, 0.3) is 0 Å². The number of nitrogens with zero attached hydrogens (tertiary/aromatic N) is 1. The lowest BCUT2D eigenvalue weighted by atomic mass is 10.5. The first kappa shape index (κ1) is 7.52. The molecule has 0 fully saturated rings. The fourth-order valence-corrected chi connectivity index (χ4v) is 0.559. The Balaban J connectivity index is 3.25. The van der Waals surface area contributed by atoms with E-state index in [0.29, 0.717) is 6.54 Å². The van der Waals surface area contributed by atoms with E-state index in [1.54, 1.807) is 0 Å². The minimum absolute atomic E-state index is 0.674. The molecule has 0 bridgehead atoms. The minimum Gasteiger partial charge on any atom is -0.293 e. The molecule has 0 aromatic carbocycles. The summed E-state index contributed by atoms with van der Waals surface area (Å²) < 4.78 is 0. The van der Waals surface area contributed by atoms with Crippen molar-refractivity contribution in [1.29, 1.82) is 0 Å². The van der Waals surface area contributed by atoms with Crippen molar-refractivity contribution in [3.8, 4) is 5.92 Å². The van der Waals surface area contributed by atoms with E-state index in [-0.39, 0.29) is 0 Å². The Labute approximate surface area is 51.7 Å². The van der Waals surface area contributed by atoms with Gasteiger partial charge in [-0.3, -0.25) is 4.90 Å². The van der Waals surface area contributed by atoms with Crippen LogP contribution in [0.5, 0.6) is 0 Å². The number of hydrogen-bond donors (Lipinski definition) is 0. The lowest BCUT2D eigenvalue weighted by Gasteiger charge is -2.12. The number of rotatable bonds is 3. The molecule has 1 heteroatoms. The molecule has 0 aromatic heterocycles. The molecule has 0 spiro atoms. The quantitative estimate of drug-likeness (QED) is 0.488. The normalized spacial score (nSPS) is 9.25. The van der Waals surface area contributed by atoms with Crippen molar-refractivity contribution in [3.05, 3.63) is 6.42 Å². The first-order valence-electron chi connectivity index (χ1n) is 2.97. The van der Waals surface area contributed by atoms with E-state index in [2.05, 4.69) is 24.7 Å². The molecule has 0 saturated carbocycles. The van der Waals surface area contributed by atoms with E-state index in [4.69, 9.17) is 6.42 Å². The Kier molecular flexibility index (Phi) is 4.39. The molecule has 0 atom stereocenters. The van der Waals surface area contributed by atoms with Gasteiger partial charge in [-0.05, 0) is 19.5 Å². The van der Waals surface area contributed by atoms with Gasteiger partial charge in [-0.25, -0.2) is 0 Å². The fourth-order valence-electron chi connectivity index (χ4n) is 0.559. The highest BCUT2D eigenvalue weighted by molar-refractivity contribution is 4.79. The van der Waals surface area contributed by atoms with E-state index in [0.717, 1.165) is 13.1 Å². The van der Waals surface area contributed by atoms with Gasteiger partial charge in [0, 0.05) is 0 Å². The van der Waals surface area contributed by atoms with Crippen molar-refractivity contribution in [3.63, 3.8) is 0 Å². The molecule has 0 amide bonds. The molecule has 0 aromatic rings. The maximum Gasteiger partial charge on any atom is 0.0611 e. The molecule has 0 saturated heterocycles. The zero-order valence-corrected chi connectivity index (χ0v) is 5.57. The molecule has 0 aliphatic carbocycles. The predicted molar refractivity (Wildman–Crippen MR) is 34.9 cm³/mol. The Hall–Kier alpha value is -0.480. The first-order valence-corrected chi connectivity index (χ1v) is 2.97. The molecule has 0 unspecified atom stereocenters. The van der Waals surface area contributed by atoms with Gasteiger partial charge in [0.15, 0.2) is 0 Å². The monoisotopic (exact) mass is 110 g/mol. The summed E-state index contributed by atoms with van der Waals surface area (Å²) in [5.74, 6) is 2.35. The van der Waals surface area contributed by atoms with Crippen LogP contribution in [0.25, 0.3) is 0 Å². The summed E-state index contributed by atoms with van der Waals surface area (Å²) in [6.07, 6.45) is 6.65. The average Bonchev–Trinajstić information content (AvgIpc) is 1.83. The lowest BCUT2D eigenvalue weighted by molar-refractivity contribution is 0.342. The molecule has 0 rings (SSSR count). The van der Waals surface area contributed by atoms with Crippen LogP contribution in [0.1, 0.15) is 13.8 Å². The van der Waals surface area contributed by atoms with Gasteiger partial charge in [0.1, 0.15) is 0 Å². The van der Waals surface area contributed by atoms with E-state index in [1.165, 1.54) is 0 Å². The van der Waals surface area contributed by atoms with E-state index >= 15 is 0 Å². The molecule has 8 heavy (non-hydrogen) atoms. The highest BCUT2D eigenvalue weighted by Crippen LogP contribution is 1.81. The van der Waals surface area contributed by atoms with Crippen LogP contribution < -0.4 is 0 Å². The standard InChI is InChI=1S/C7H12N/c1-4-7-8(5-2)6-3/h5-7H2,2-3H3. The zero-order chi connectivity index (χ0) is 6.41. The van der Waals surface area contributed by atoms with Gasteiger partial charge in [0.05, 0.1) is 6.54 Å². The first-order chi connectivity index (χ1) is 3.85. The zero-order valence-electron chi connectivity index (χ0n) is 5.57. The summed E-state index contributed by atoms with van der Waals surface area (Å²) >= 11 is 0. The van der Waals surface area contributed by atoms with Gasteiger partial charge >= 0.3 is 0 Å². The maximum absolute atomic E-state index is 6.65. The van der Waals surface area contributed by atoms with Crippen LogP contribution in [-0.2, 0) is 0 Å².